The SMILES string of the molecule is NC(Cc1cccnc1)c1ccccc1F. The third-order valence-electron chi connectivity index (χ3n) is 2.48. The van der Waals surface area contributed by atoms with E-state index < -0.39 is 0 Å². The monoisotopic (exact) mass is 216 g/mol. The molecule has 0 aliphatic heterocycles. The van der Waals surface area contributed by atoms with Gasteiger partial charge >= 0.3 is 0 Å². The predicted octanol–water partition coefficient (Wildman–Crippen LogP) is 2.46. The van der Waals surface area contributed by atoms with Gasteiger partial charge in [0.2, 0.25) is 0 Å². The van der Waals surface area contributed by atoms with Crippen molar-refractivity contribution in [3.63, 3.8) is 0 Å². The van der Waals surface area contributed by atoms with Crippen LogP contribution in [-0.2, 0) is 6.42 Å². The molecule has 0 saturated carbocycles. The van der Waals surface area contributed by atoms with Gasteiger partial charge in [0.15, 0.2) is 0 Å². The van der Waals surface area contributed by atoms with E-state index in [0.717, 1.165) is 5.56 Å². The number of nitrogens with zero attached hydrogens (tertiary/aromatic N) is 1. The molecule has 0 aliphatic carbocycles. The van der Waals surface area contributed by atoms with Gasteiger partial charge in [-0.15, -0.1) is 0 Å². The van der Waals surface area contributed by atoms with Crippen molar-refractivity contribution in [2.45, 2.75) is 12.5 Å². The average molecular weight is 216 g/mol. The minimum atomic E-state index is -0.328. The summed E-state index contributed by atoms with van der Waals surface area (Å²) in [4.78, 5) is 4.00. The maximum atomic E-state index is 13.4. The van der Waals surface area contributed by atoms with Crippen LogP contribution < -0.4 is 5.73 Å². The smallest absolute Gasteiger partial charge is 0.127 e. The number of benzene rings is 1. The van der Waals surface area contributed by atoms with Crippen LogP contribution in [0.4, 0.5) is 4.39 Å². The average Bonchev–Trinajstić information content (AvgIpc) is 2.31. The number of hydrogen-bond donors (Lipinski definition) is 1. The van der Waals surface area contributed by atoms with E-state index in [4.69, 9.17) is 5.73 Å². The van der Waals surface area contributed by atoms with Gasteiger partial charge in [-0.2, -0.15) is 0 Å². The van der Waals surface area contributed by atoms with Crippen LogP contribution in [0.5, 0.6) is 0 Å². The summed E-state index contributed by atoms with van der Waals surface area (Å²) < 4.78 is 13.4. The van der Waals surface area contributed by atoms with E-state index in [9.17, 15) is 4.39 Å². The van der Waals surface area contributed by atoms with Gasteiger partial charge < -0.3 is 5.73 Å². The van der Waals surface area contributed by atoms with Gasteiger partial charge in [0.25, 0.3) is 0 Å². The Hall–Kier alpha value is -1.74. The summed E-state index contributed by atoms with van der Waals surface area (Å²) in [5, 5.41) is 0. The lowest BCUT2D eigenvalue weighted by molar-refractivity contribution is 0.580. The van der Waals surface area contributed by atoms with Crippen LogP contribution >= 0.6 is 0 Å². The number of hydrogen-bond acceptors (Lipinski definition) is 2. The van der Waals surface area contributed by atoms with Crippen molar-refractivity contribution in [1.82, 2.24) is 4.98 Å². The molecule has 82 valence electrons. The highest BCUT2D eigenvalue weighted by atomic mass is 19.1. The van der Waals surface area contributed by atoms with Gasteiger partial charge in [0.05, 0.1) is 0 Å². The first-order valence-electron chi connectivity index (χ1n) is 5.16. The Balaban J connectivity index is 2.15. The topological polar surface area (TPSA) is 38.9 Å². The van der Waals surface area contributed by atoms with Crippen molar-refractivity contribution >= 4 is 0 Å². The molecule has 0 aliphatic rings. The van der Waals surface area contributed by atoms with Crippen LogP contribution in [0.15, 0.2) is 48.8 Å². The highest BCUT2D eigenvalue weighted by Gasteiger charge is 2.11. The van der Waals surface area contributed by atoms with Crippen LogP contribution in [-0.4, -0.2) is 4.98 Å². The van der Waals surface area contributed by atoms with Crippen molar-refractivity contribution in [3.8, 4) is 0 Å². The van der Waals surface area contributed by atoms with Crippen molar-refractivity contribution in [1.29, 1.82) is 0 Å². The quantitative estimate of drug-likeness (QED) is 0.856. The molecule has 1 heterocycles. The Morgan fingerprint density at radius 2 is 2.00 bits per heavy atom. The maximum absolute atomic E-state index is 13.4. The summed E-state index contributed by atoms with van der Waals surface area (Å²) >= 11 is 0. The third kappa shape index (κ3) is 2.44. The second kappa shape index (κ2) is 4.86. The Morgan fingerprint density at radius 1 is 1.19 bits per heavy atom. The fraction of sp³-hybridized carbons (Fsp3) is 0.154. The summed E-state index contributed by atoms with van der Waals surface area (Å²) in [6.07, 6.45) is 4.05. The minimum absolute atomic E-state index is 0.251. The Labute approximate surface area is 93.9 Å². The second-order valence-corrected chi connectivity index (χ2v) is 3.69. The first kappa shape index (κ1) is 10.8. The molecular weight excluding hydrogens is 203 g/mol. The number of aromatic nitrogens is 1. The van der Waals surface area contributed by atoms with E-state index in [2.05, 4.69) is 4.98 Å². The van der Waals surface area contributed by atoms with Crippen LogP contribution in [0.2, 0.25) is 0 Å². The molecule has 2 N–H and O–H groups in total. The summed E-state index contributed by atoms with van der Waals surface area (Å²) in [7, 11) is 0. The molecule has 0 fully saturated rings. The van der Waals surface area contributed by atoms with Gasteiger partial charge in [-0.1, -0.05) is 24.3 Å². The maximum Gasteiger partial charge on any atom is 0.127 e. The fourth-order valence-corrected chi connectivity index (χ4v) is 1.66. The van der Waals surface area contributed by atoms with E-state index in [-0.39, 0.29) is 11.9 Å². The summed E-state index contributed by atoms with van der Waals surface area (Å²) in [5.74, 6) is -0.251. The molecule has 2 aromatic rings. The molecule has 1 aromatic carbocycles. The number of nitrogens with two attached hydrogens (primary N) is 1. The van der Waals surface area contributed by atoms with Crippen molar-refractivity contribution in [2.24, 2.45) is 5.73 Å². The zero-order valence-corrected chi connectivity index (χ0v) is 8.81. The molecule has 16 heavy (non-hydrogen) atoms. The number of rotatable bonds is 3. The third-order valence-corrected chi connectivity index (χ3v) is 2.48. The standard InChI is InChI=1S/C13H13FN2/c14-12-6-2-1-5-11(12)13(15)8-10-4-3-7-16-9-10/h1-7,9,13H,8,15H2. The van der Waals surface area contributed by atoms with Gasteiger partial charge in [0, 0.05) is 24.0 Å². The van der Waals surface area contributed by atoms with E-state index in [1.54, 1.807) is 30.6 Å². The molecule has 0 saturated heterocycles. The first-order valence-corrected chi connectivity index (χ1v) is 5.16. The van der Waals surface area contributed by atoms with Crippen LogP contribution in [0.3, 0.4) is 0 Å². The normalized spacial score (nSPS) is 12.4. The molecular formula is C13H13FN2. The summed E-state index contributed by atoms with van der Waals surface area (Å²) in [6, 6.07) is 10.1. The van der Waals surface area contributed by atoms with E-state index >= 15 is 0 Å². The Kier molecular flexibility index (Phi) is 3.27. The minimum Gasteiger partial charge on any atom is -0.324 e. The largest absolute Gasteiger partial charge is 0.324 e. The highest BCUT2D eigenvalue weighted by molar-refractivity contribution is 5.23. The molecule has 1 aromatic heterocycles. The highest BCUT2D eigenvalue weighted by Crippen LogP contribution is 2.18. The molecule has 0 bridgehead atoms. The molecule has 0 radical (unpaired) electrons. The van der Waals surface area contributed by atoms with Crippen LogP contribution in [0.1, 0.15) is 17.2 Å². The van der Waals surface area contributed by atoms with E-state index in [0.29, 0.717) is 12.0 Å². The van der Waals surface area contributed by atoms with Gasteiger partial charge in [-0.05, 0) is 24.1 Å². The van der Waals surface area contributed by atoms with Crippen molar-refractivity contribution in [2.75, 3.05) is 0 Å². The molecule has 2 nitrogen and oxygen atoms in total. The van der Waals surface area contributed by atoms with Gasteiger partial charge in [0.1, 0.15) is 5.82 Å². The van der Waals surface area contributed by atoms with E-state index in [1.165, 1.54) is 6.07 Å². The van der Waals surface area contributed by atoms with Crippen molar-refractivity contribution < 1.29 is 4.39 Å². The summed E-state index contributed by atoms with van der Waals surface area (Å²) in [5.41, 5.74) is 7.52. The molecule has 2 rings (SSSR count). The Bertz CT molecular complexity index is 456. The van der Waals surface area contributed by atoms with Crippen LogP contribution in [0, 0.1) is 5.82 Å². The van der Waals surface area contributed by atoms with Gasteiger partial charge in [-0.3, -0.25) is 4.98 Å². The second-order valence-electron chi connectivity index (χ2n) is 3.69. The lowest BCUT2D eigenvalue weighted by atomic mass is 10.0. The van der Waals surface area contributed by atoms with Gasteiger partial charge in [-0.25, -0.2) is 4.39 Å². The summed E-state index contributed by atoms with van der Waals surface area (Å²) in [6.45, 7) is 0. The number of pyridine rings is 1. The molecule has 0 amide bonds. The zero-order valence-electron chi connectivity index (χ0n) is 8.81. The van der Waals surface area contributed by atoms with E-state index in [1.807, 2.05) is 12.1 Å². The Morgan fingerprint density at radius 3 is 2.69 bits per heavy atom. The fourth-order valence-electron chi connectivity index (χ4n) is 1.66. The van der Waals surface area contributed by atoms with Crippen LogP contribution in [0.25, 0.3) is 0 Å². The lowest BCUT2D eigenvalue weighted by Crippen LogP contribution is -2.14. The lowest BCUT2D eigenvalue weighted by Gasteiger charge is -2.12. The predicted molar refractivity (Wildman–Crippen MR) is 61.3 cm³/mol. The molecule has 3 heteroatoms. The molecule has 0 spiro atoms. The van der Waals surface area contributed by atoms with Crippen molar-refractivity contribution in [3.05, 3.63) is 65.7 Å². The molecule has 1 atom stereocenters. The molecule has 1 unspecified atom stereocenters. The zero-order chi connectivity index (χ0) is 11.4. The first-order chi connectivity index (χ1) is 7.77. The number of halogens is 1.